The molecule has 0 spiro atoms. The molecule has 1 aromatic carbocycles. The van der Waals surface area contributed by atoms with Gasteiger partial charge >= 0.3 is 0 Å². The van der Waals surface area contributed by atoms with E-state index in [9.17, 15) is 13.6 Å². The molecule has 3 aromatic rings. The molecule has 0 saturated carbocycles. The standard InChI is InChI=1S/C17H14F2N2O2S/c1-8-6-12(9(2)23-8)16(22)21-17-20-15(10(3)24-17)11-4-5-13(18)14(19)7-11/h4-7H,1-3H3,(H,20,21,22). The molecule has 0 atom stereocenters. The normalized spacial score (nSPS) is 10.9. The lowest BCUT2D eigenvalue weighted by Gasteiger charge is -2.00. The summed E-state index contributed by atoms with van der Waals surface area (Å²) < 4.78 is 31.8. The van der Waals surface area contributed by atoms with E-state index in [1.54, 1.807) is 26.8 Å². The van der Waals surface area contributed by atoms with Crippen molar-refractivity contribution in [1.29, 1.82) is 0 Å². The molecule has 0 aliphatic heterocycles. The van der Waals surface area contributed by atoms with Crippen LogP contribution in [0.25, 0.3) is 11.3 Å². The van der Waals surface area contributed by atoms with Gasteiger partial charge < -0.3 is 4.42 Å². The minimum atomic E-state index is -0.935. The van der Waals surface area contributed by atoms with E-state index in [1.165, 1.54) is 17.4 Å². The molecule has 24 heavy (non-hydrogen) atoms. The van der Waals surface area contributed by atoms with Crippen LogP contribution in [0, 0.1) is 32.4 Å². The average molecular weight is 348 g/mol. The molecular weight excluding hydrogens is 334 g/mol. The Morgan fingerprint density at radius 3 is 2.54 bits per heavy atom. The molecule has 1 N–H and O–H groups in total. The van der Waals surface area contributed by atoms with Gasteiger partial charge in [-0.15, -0.1) is 11.3 Å². The van der Waals surface area contributed by atoms with Gasteiger partial charge in [0.15, 0.2) is 16.8 Å². The van der Waals surface area contributed by atoms with Crippen molar-refractivity contribution in [3.63, 3.8) is 0 Å². The maximum Gasteiger partial charge on any atom is 0.260 e. The third-order valence-corrected chi connectivity index (χ3v) is 4.38. The highest BCUT2D eigenvalue weighted by Crippen LogP contribution is 2.31. The van der Waals surface area contributed by atoms with Crippen LogP contribution in [-0.4, -0.2) is 10.9 Å². The van der Waals surface area contributed by atoms with Crippen LogP contribution in [0.5, 0.6) is 0 Å². The lowest BCUT2D eigenvalue weighted by molar-refractivity contribution is 0.102. The van der Waals surface area contributed by atoms with Crippen molar-refractivity contribution in [3.8, 4) is 11.3 Å². The first-order valence-electron chi connectivity index (χ1n) is 7.16. The fraction of sp³-hybridized carbons (Fsp3) is 0.176. The number of anilines is 1. The lowest BCUT2D eigenvalue weighted by atomic mass is 10.1. The molecule has 0 radical (unpaired) electrons. The van der Waals surface area contributed by atoms with Crippen LogP contribution in [-0.2, 0) is 0 Å². The second-order valence-corrected chi connectivity index (χ2v) is 6.54. The van der Waals surface area contributed by atoms with E-state index in [1.807, 2.05) is 0 Å². The van der Waals surface area contributed by atoms with E-state index in [0.29, 0.717) is 33.5 Å². The zero-order valence-corrected chi connectivity index (χ0v) is 14.1. The molecule has 0 fully saturated rings. The first-order valence-corrected chi connectivity index (χ1v) is 7.98. The predicted molar refractivity (Wildman–Crippen MR) is 88.3 cm³/mol. The van der Waals surface area contributed by atoms with E-state index in [0.717, 1.165) is 17.0 Å². The van der Waals surface area contributed by atoms with Crippen LogP contribution >= 0.6 is 11.3 Å². The minimum Gasteiger partial charge on any atom is -0.466 e. The van der Waals surface area contributed by atoms with Crippen molar-refractivity contribution >= 4 is 22.4 Å². The summed E-state index contributed by atoms with van der Waals surface area (Å²) in [5.74, 6) is -0.995. The lowest BCUT2D eigenvalue weighted by Crippen LogP contribution is -2.11. The van der Waals surface area contributed by atoms with E-state index < -0.39 is 11.6 Å². The maximum atomic E-state index is 13.4. The van der Waals surface area contributed by atoms with Gasteiger partial charge in [0.2, 0.25) is 0 Å². The fourth-order valence-electron chi connectivity index (χ4n) is 2.38. The van der Waals surface area contributed by atoms with E-state index in [2.05, 4.69) is 10.3 Å². The summed E-state index contributed by atoms with van der Waals surface area (Å²) in [6, 6.07) is 5.25. The Morgan fingerprint density at radius 1 is 1.17 bits per heavy atom. The van der Waals surface area contributed by atoms with Gasteiger partial charge in [0.1, 0.15) is 11.5 Å². The molecule has 2 heterocycles. The number of thiazole rings is 1. The molecule has 3 rings (SSSR count). The number of furan rings is 1. The predicted octanol–water partition coefficient (Wildman–Crippen LogP) is 4.86. The number of carbonyl (C=O) groups excluding carboxylic acids is 1. The van der Waals surface area contributed by atoms with Crippen molar-refractivity contribution in [1.82, 2.24) is 4.98 Å². The largest absolute Gasteiger partial charge is 0.466 e. The summed E-state index contributed by atoms with van der Waals surface area (Å²) in [7, 11) is 0. The van der Waals surface area contributed by atoms with Gasteiger partial charge in [-0.2, -0.15) is 0 Å². The van der Waals surface area contributed by atoms with Crippen LogP contribution in [0.1, 0.15) is 26.8 Å². The van der Waals surface area contributed by atoms with Gasteiger partial charge in [0.25, 0.3) is 5.91 Å². The number of hydrogen-bond acceptors (Lipinski definition) is 4. The van der Waals surface area contributed by atoms with Gasteiger partial charge in [-0.25, -0.2) is 13.8 Å². The third-order valence-electron chi connectivity index (χ3n) is 3.50. The van der Waals surface area contributed by atoms with Crippen molar-refractivity contribution in [2.24, 2.45) is 0 Å². The second kappa shape index (κ2) is 6.16. The number of halogens is 2. The molecule has 0 unspecified atom stereocenters. The molecule has 0 aliphatic carbocycles. The fourth-order valence-corrected chi connectivity index (χ4v) is 3.21. The zero-order valence-electron chi connectivity index (χ0n) is 13.2. The van der Waals surface area contributed by atoms with E-state index in [-0.39, 0.29) is 5.91 Å². The third kappa shape index (κ3) is 3.07. The smallest absolute Gasteiger partial charge is 0.260 e. The first kappa shape index (κ1) is 16.3. The van der Waals surface area contributed by atoms with E-state index in [4.69, 9.17) is 4.42 Å². The Hall–Kier alpha value is -2.54. The number of aromatic nitrogens is 1. The van der Waals surface area contributed by atoms with Crippen molar-refractivity contribution < 1.29 is 18.0 Å². The van der Waals surface area contributed by atoms with E-state index >= 15 is 0 Å². The minimum absolute atomic E-state index is 0.324. The highest BCUT2D eigenvalue weighted by Gasteiger charge is 2.17. The Kier molecular flexibility index (Phi) is 4.19. The van der Waals surface area contributed by atoms with Crippen LogP contribution in [0.4, 0.5) is 13.9 Å². The number of nitrogens with one attached hydrogen (secondary N) is 1. The quantitative estimate of drug-likeness (QED) is 0.735. The Labute approximate surface area is 141 Å². The SMILES string of the molecule is Cc1cc(C(=O)Nc2nc(-c3ccc(F)c(F)c3)c(C)s2)c(C)o1. The number of rotatable bonds is 3. The Morgan fingerprint density at radius 2 is 1.92 bits per heavy atom. The first-order chi connectivity index (χ1) is 11.3. The second-order valence-electron chi connectivity index (χ2n) is 5.33. The van der Waals surface area contributed by atoms with Crippen molar-refractivity contribution in [2.45, 2.75) is 20.8 Å². The van der Waals surface area contributed by atoms with Crippen LogP contribution in [0.2, 0.25) is 0 Å². The Balaban J connectivity index is 1.87. The molecule has 7 heteroatoms. The van der Waals surface area contributed by atoms with Crippen LogP contribution < -0.4 is 5.32 Å². The number of carbonyl (C=O) groups is 1. The average Bonchev–Trinajstić information content (AvgIpc) is 3.04. The number of aryl methyl sites for hydroxylation is 3. The van der Waals surface area contributed by atoms with Gasteiger partial charge in [-0.05, 0) is 45.0 Å². The number of nitrogens with zero attached hydrogens (tertiary/aromatic N) is 1. The number of benzene rings is 1. The maximum absolute atomic E-state index is 13.4. The molecular formula is C17H14F2N2O2S. The highest BCUT2D eigenvalue weighted by atomic mass is 32.1. The van der Waals surface area contributed by atoms with Crippen LogP contribution in [0.15, 0.2) is 28.7 Å². The molecule has 1 amide bonds. The summed E-state index contributed by atoms with van der Waals surface area (Å²) in [5, 5.41) is 3.09. The molecule has 0 bridgehead atoms. The molecule has 2 aromatic heterocycles. The molecule has 124 valence electrons. The summed E-state index contributed by atoms with van der Waals surface area (Å²) in [4.78, 5) is 17.4. The molecule has 0 saturated heterocycles. The van der Waals surface area contributed by atoms with Gasteiger partial charge in [-0.3, -0.25) is 10.1 Å². The summed E-state index contributed by atoms with van der Waals surface area (Å²) in [6.07, 6.45) is 0. The summed E-state index contributed by atoms with van der Waals surface area (Å²) in [5.41, 5.74) is 1.41. The number of amides is 1. The van der Waals surface area contributed by atoms with Crippen LogP contribution in [0.3, 0.4) is 0 Å². The zero-order chi connectivity index (χ0) is 17.4. The molecule has 0 aliphatic rings. The highest BCUT2D eigenvalue weighted by molar-refractivity contribution is 7.16. The Bertz CT molecular complexity index is 931. The monoisotopic (exact) mass is 348 g/mol. The van der Waals surface area contributed by atoms with Crippen molar-refractivity contribution in [3.05, 3.63) is 57.9 Å². The van der Waals surface area contributed by atoms with Gasteiger partial charge in [0.05, 0.1) is 11.3 Å². The van der Waals surface area contributed by atoms with Crippen molar-refractivity contribution in [2.75, 3.05) is 5.32 Å². The summed E-state index contributed by atoms with van der Waals surface area (Å²) in [6.45, 7) is 5.28. The summed E-state index contributed by atoms with van der Waals surface area (Å²) >= 11 is 1.27. The van der Waals surface area contributed by atoms with Gasteiger partial charge in [-0.1, -0.05) is 0 Å². The van der Waals surface area contributed by atoms with Gasteiger partial charge in [0, 0.05) is 10.4 Å². The molecule has 4 nitrogen and oxygen atoms in total. The topological polar surface area (TPSA) is 55.1 Å². The number of hydrogen-bond donors (Lipinski definition) is 1.